The first-order chi connectivity index (χ1) is 41.6. The Morgan fingerprint density at radius 3 is 0.505 bits per heavy atom. The SMILES string of the molecule is CS(=O)(=O)OCCC[Si](CCCOS(C)(=O)=O)(CCCOS(C)(=O)=O)CCC[Si](CCC[Si](CCCOS(C)(=O)=O)(CCCOS(C)(=O)=O)CCCOS(C)(=O)=O)(CCC[Si](CCCOS(C)(=O)=O)(CCCOS(C)(=O)=O)CCCOS(C)(=O)=O)c1ccccc1. The van der Waals surface area contributed by atoms with E-state index < -0.39 is 123 Å². The summed E-state index contributed by atoms with van der Waals surface area (Å²) in [4.78, 5) is 0. The van der Waals surface area contributed by atoms with Crippen molar-refractivity contribution in [2.24, 2.45) is 0 Å². The predicted molar refractivity (Wildman–Crippen MR) is 364 cm³/mol. The minimum atomic E-state index is -3.83. The number of benzene rings is 1. The lowest BCUT2D eigenvalue weighted by molar-refractivity contribution is 0.314. The third-order valence-electron chi connectivity index (χ3n) is 15.8. The van der Waals surface area contributed by atoms with E-state index in [0.29, 0.717) is 168 Å². The van der Waals surface area contributed by atoms with Gasteiger partial charge in [-0.1, -0.05) is 145 Å². The van der Waals surface area contributed by atoms with Crippen LogP contribution in [0.25, 0.3) is 0 Å². The van der Waals surface area contributed by atoms with Crippen molar-refractivity contribution in [3.05, 3.63) is 30.3 Å². The molecule has 0 bridgehead atoms. The second-order valence-electron chi connectivity index (χ2n) is 24.4. The summed E-state index contributed by atoms with van der Waals surface area (Å²) in [5.41, 5.74) is 0. The molecule has 540 valence electrons. The molecule has 0 radical (unpaired) electrons. The van der Waals surface area contributed by atoms with Gasteiger partial charge >= 0.3 is 0 Å². The quantitative estimate of drug-likeness (QED) is 0.0400. The zero-order valence-corrected chi connectivity index (χ0v) is 65.9. The normalized spacial score (nSPS) is 14.1. The molecule has 40 heteroatoms. The Kier molecular flexibility index (Phi) is 39.8. The van der Waals surface area contributed by atoms with Crippen LogP contribution in [0, 0.1) is 0 Å². The molecule has 0 fully saturated rings. The molecule has 1 aromatic rings. The topological polar surface area (TPSA) is 390 Å². The highest BCUT2D eigenvalue weighted by molar-refractivity contribution is 7.87. The second-order valence-corrected chi connectivity index (χ2v) is 58.8. The van der Waals surface area contributed by atoms with Gasteiger partial charge in [0.15, 0.2) is 0 Å². The molecule has 0 aliphatic rings. The van der Waals surface area contributed by atoms with Crippen LogP contribution in [0.2, 0.25) is 90.7 Å². The maximum atomic E-state index is 12.2. The van der Waals surface area contributed by atoms with Crippen LogP contribution in [-0.2, 0) is 129 Å². The molecule has 0 N–H and O–H groups in total. The molecule has 0 atom stereocenters. The monoisotopic (exact) mass is 1550 g/mol. The van der Waals surface area contributed by atoms with Gasteiger partial charge in [0.1, 0.15) is 0 Å². The van der Waals surface area contributed by atoms with E-state index in [2.05, 4.69) is 12.1 Å². The number of hydrogen-bond donors (Lipinski definition) is 0. The van der Waals surface area contributed by atoms with Gasteiger partial charge in [-0.15, -0.1) is 0 Å². The third kappa shape index (κ3) is 48.6. The fourth-order valence-electron chi connectivity index (χ4n) is 12.2. The van der Waals surface area contributed by atoms with E-state index in [0.717, 1.165) is 61.5 Å². The van der Waals surface area contributed by atoms with Gasteiger partial charge in [-0.05, 0) is 57.8 Å². The van der Waals surface area contributed by atoms with Gasteiger partial charge < -0.3 is 0 Å². The maximum absolute atomic E-state index is 12.2. The molecular formula is C51H104O27S9Si4. The molecule has 0 aromatic heterocycles. The van der Waals surface area contributed by atoms with E-state index in [9.17, 15) is 75.8 Å². The van der Waals surface area contributed by atoms with Crippen LogP contribution in [-0.4, -0.2) is 224 Å². The largest absolute Gasteiger partial charge is 0.270 e. The van der Waals surface area contributed by atoms with E-state index in [1.54, 1.807) is 0 Å². The lowest BCUT2D eigenvalue weighted by Crippen LogP contribution is -2.49. The molecule has 0 amide bonds. The van der Waals surface area contributed by atoms with E-state index in [1.165, 1.54) is 0 Å². The van der Waals surface area contributed by atoms with E-state index in [-0.39, 0.29) is 59.5 Å². The molecule has 91 heavy (non-hydrogen) atoms. The third-order valence-corrected chi connectivity index (χ3v) is 43.6. The Balaban J connectivity index is 4.40. The second kappa shape index (κ2) is 41.0. The first-order valence-corrected chi connectivity index (χ1v) is 57.7. The summed E-state index contributed by atoms with van der Waals surface area (Å²) in [6.07, 6.45) is 13.2. The van der Waals surface area contributed by atoms with Gasteiger partial charge in [0, 0.05) is 0 Å². The van der Waals surface area contributed by atoms with E-state index >= 15 is 0 Å². The molecule has 0 heterocycles. The zero-order chi connectivity index (χ0) is 69.4. The van der Waals surface area contributed by atoms with Crippen LogP contribution in [0.3, 0.4) is 0 Å². The smallest absolute Gasteiger partial charge is 0.264 e. The van der Waals surface area contributed by atoms with Crippen molar-refractivity contribution in [3.63, 3.8) is 0 Å². The fourth-order valence-corrected chi connectivity index (χ4v) is 37.4. The molecule has 1 rings (SSSR count). The van der Waals surface area contributed by atoms with Crippen molar-refractivity contribution in [3.8, 4) is 0 Å². The van der Waals surface area contributed by atoms with Gasteiger partial charge in [-0.25, -0.2) is 0 Å². The molecule has 0 unspecified atom stereocenters. The van der Waals surface area contributed by atoms with Crippen LogP contribution in [0.1, 0.15) is 77.0 Å². The molecule has 0 saturated carbocycles. The van der Waals surface area contributed by atoms with Crippen LogP contribution in [0.5, 0.6) is 0 Å². The standard InChI is InChI=1S/C51H104O27S9Si4/c1-79(52,53)70-27-13-36-88(37-14-28-71-80(2,54)55,38-15-29-72-81(3,56)57)45-22-48-91(51-25-11-10-12-26-51,49-23-46-89(39-16-30-73-82(4,58)59,40-17-31-74-83(5,60)61)41-18-32-75-84(6,62)63)50-24-47-90(42-19-33-76-85(7,64)65,43-20-34-77-86(8,66)67)44-21-35-78-87(9,68)69/h10-12,25-26H,13-24,27-50H2,1-9H3. The fraction of sp³-hybridized carbons (Fsp3) is 0.882. The van der Waals surface area contributed by atoms with Crippen molar-refractivity contribution in [1.82, 2.24) is 0 Å². The van der Waals surface area contributed by atoms with Crippen LogP contribution >= 0.6 is 0 Å². The highest BCUT2D eigenvalue weighted by atomic mass is 32.3. The molecule has 1 aromatic carbocycles. The van der Waals surface area contributed by atoms with Crippen LogP contribution in [0.15, 0.2) is 30.3 Å². The van der Waals surface area contributed by atoms with Crippen LogP contribution < -0.4 is 5.19 Å². The summed E-state index contributed by atoms with van der Waals surface area (Å²) >= 11 is 0. The molecule has 0 aliphatic heterocycles. The summed E-state index contributed by atoms with van der Waals surface area (Å²) in [6, 6.07) is 18.6. The Morgan fingerprint density at radius 1 is 0.220 bits per heavy atom. The average Bonchev–Trinajstić information content (AvgIpc) is 0.845. The summed E-state index contributed by atoms with van der Waals surface area (Å²) in [5.74, 6) is 0. The number of hydrogen-bond acceptors (Lipinski definition) is 27. The van der Waals surface area contributed by atoms with Gasteiger partial charge in [0.2, 0.25) is 0 Å². The summed E-state index contributed by atoms with van der Waals surface area (Å²) in [5, 5.41) is 1.11. The summed E-state index contributed by atoms with van der Waals surface area (Å²) < 4.78 is 266. The Hall–Kier alpha value is -0.722. The first kappa shape index (κ1) is 88.3. The Labute approximate surface area is 551 Å². The van der Waals surface area contributed by atoms with Gasteiger partial charge in [-0.2, -0.15) is 75.8 Å². The molecule has 0 spiro atoms. The van der Waals surface area contributed by atoms with Gasteiger partial charge in [0.25, 0.3) is 91.1 Å². The van der Waals surface area contributed by atoms with Crippen molar-refractivity contribution in [2.75, 3.05) is 116 Å². The lowest BCUT2D eigenvalue weighted by atomic mass is 10.4. The van der Waals surface area contributed by atoms with Gasteiger partial charge in [0.05, 0.1) is 148 Å². The maximum Gasteiger partial charge on any atom is 0.264 e. The summed E-state index contributed by atoms with van der Waals surface area (Å²) in [6.45, 7) is -1.16. The highest BCUT2D eigenvalue weighted by Gasteiger charge is 2.41. The molecule has 0 saturated heterocycles. The molecular weight excluding hydrogens is 1450 g/mol. The van der Waals surface area contributed by atoms with E-state index in [1.807, 2.05) is 18.2 Å². The number of rotatable bonds is 58. The van der Waals surface area contributed by atoms with Crippen molar-refractivity contribution in [1.29, 1.82) is 0 Å². The molecule has 0 aliphatic carbocycles. The lowest BCUT2D eigenvalue weighted by Gasteiger charge is -2.39. The minimum absolute atomic E-state index is 0.129. The average molecular weight is 1550 g/mol. The Bertz CT molecular complexity index is 2730. The molecule has 27 nitrogen and oxygen atoms in total. The van der Waals surface area contributed by atoms with Gasteiger partial charge in [-0.3, -0.25) is 37.6 Å². The zero-order valence-electron chi connectivity index (χ0n) is 54.5. The van der Waals surface area contributed by atoms with Crippen molar-refractivity contribution >= 4 is 129 Å². The van der Waals surface area contributed by atoms with Crippen LogP contribution in [0.4, 0.5) is 0 Å². The van der Waals surface area contributed by atoms with Crippen molar-refractivity contribution < 1.29 is 113 Å². The first-order valence-electron chi connectivity index (χ1n) is 30.2. The highest BCUT2D eigenvalue weighted by Crippen LogP contribution is 2.41. The predicted octanol–water partition coefficient (Wildman–Crippen LogP) is 6.16. The summed E-state index contributed by atoms with van der Waals surface area (Å²) in [7, 11) is -45.5. The van der Waals surface area contributed by atoms with Crippen molar-refractivity contribution in [2.45, 2.75) is 168 Å². The Morgan fingerprint density at radius 2 is 0.363 bits per heavy atom. The minimum Gasteiger partial charge on any atom is -0.270 e. The van der Waals surface area contributed by atoms with E-state index in [4.69, 9.17) is 37.6 Å².